The highest BCUT2D eigenvalue weighted by Crippen LogP contribution is 2.32. The normalized spacial score (nSPS) is 16.4. The summed E-state index contributed by atoms with van der Waals surface area (Å²) in [5, 5.41) is 3.24. The first-order chi connectivity index (χ1) is 12.6. The van der Waals surface area contributed by atoms with Crippen LogP contribution in [0.3, 0.4) is 0 Å². The van der Waals surface area contributed by atoms with Gasteiger partial charge in [-0.15, -0.1) is 11.3 Å². The molecule has 1 saturated heterocycles. The van der Waals surface area contributed by atoms with Crippen LogP contribution in [0, 0.1) is 11.8 Å². The van der Waals surface area contributed by atoms with Gasteiger partial charge >= 0.3 is 6.03 Å². The lowest BCUT2D eigenvalue weighted by molar-refractivity contribution is 0.100. The minimum atomic E-state index is -0.618. The number of nitrogens with zero attached hydrogens (tertiary/aromatic N) is 3. The second-order valence-electron chi connectivity index (χ2n) is 5.74. The standard InChI is InChI=1S/C17H18N6O2S/c18-16(24)15-14(23(17(19)25)12-2-1-5-20-10-12)8-13(26-15)4-3-11-9-21-6-7-22-11/h6-9,12,20H,1-2,5,10H2,(H2,18,24)(H2,19,25)/t12-/m0/s1. The van der Waals surface area contributed by atoms with E-state index in [1.54, 1.807) is 24.7 Å². The first kappa shape index (κ1) is 17.8. The van der Waals surface area contributed by atoms with Crippen LogP contribution in [0.1, 0.15) is 33.1 Å². The van der Waals surface area contributed by atoms with Crippen LogP contribution in [-0.4, -0.2) is 41.0 Å². The van der Waals surface area contributed by atoms with Crippen molar-refractivity contribution in [3.8, 4) is 11.8 Å². The zero-order chi connectivity index (χ0) is 18.5. The smallest absolute Gasteiger partial charge is 0.319 e. The summed E-state index contributed by atoms with van der Waals surface area (Å²) in [5.41, 5.74) is 12.0. The van der Waals surface area contributed by atoms with Crippen LogP contribution in [0.4, 0.5) is 10.5 Å². The highest BCUT2D eigenvalue weighted by molar-refractivity contribution is 7.15. The lowest BCUT2D eigenvalue weighted by Crippen LogP contribution is -2.51. The van der Waals surface area contributed by atoms with E-state index in [-0.39, 0.29) is 10.9 Å². The van der Waals surface area contributed by atoms with Crippen molar-refractivity contribution in [2.75, 3.05) is 18.0 Å². The van der Waals surface area contributed by atoms with Crippen LogP contribution in [0.25, 0.3) is 0 Å². The number of anilines is 1. The molecule has 26 heavy (non-hydrogen) atoms. The molecular formula is C17H18N6O2S. The third-order valence-electron chi connectivity index (χ3n) is 3.95. The van der Waals surface area contributed by atoms with Gasteiger partial charge in [0.15, 0.2) is 0 Å². The van der Waals surface area contributed by atoms with Crippen LogP contribution in [0.5, 0.6) is 0 Å². The van der Waals surface area contributed by atoms with Gasteiger partial charge in [-0.3, -0.25) is 14.7 Å². The second-order valence-corrected chi connectivity index (χ2v) is 6.79. The third-order valence-corrected chi connectivity index (χ3v) is 5.00. The molecule has 1 atom stereocenters. The van der Waals surface area contributed by atoms with Gasteiger partial charge in [-0.25, -0.2) is 9.78 Å². The van der Waals surface area contributed by atoms with E-state index in [0.717, 1.165) is 30.7 Å². The monoisotopic (exact) mass is 370 g/mol. The summed E-state index contributed by atoms with van der Waals surface area (Å²) in [7, 11) is 0. The number of nitrogens with one attached hydrogen (secondary N) is 1. The van der Waals surface area contributed by atoms with Crippen LogP contribution in [0.2, 0.25) is 0 Å². The van der Waals surface area contributed by atoms with E-state index in [0.29, 0.717) is 22.8 Å². The predicted molar refractivity (Wildman–Crippen MR) is 98.8 cm³/mol. The Morgan fingerprint density at radius 1 is 1.31 bits per heavy atom. The molecule has 0 saturated carbocycles. The Balaban J connectivity index is 1.97. The summed E-state index contributed by atoms with van der Waals surface area (Å²) in [6.07, 6.45) is 6.36. The molecule has 5 N–H and O–H groups in total. The van der Waals surface area contributed by atoms with E-state index in [1.807, 2.05) is 0 Å². The molecule has 9 heteroatoms. The van der Waals surface area contributed by atoms with Crippen molar-refractivity contribution in [1.82, 2.24) is 15.3 Å². The van der Waals surface area contributed by atoms with Gasteiger partial charge in [0.05, 0.1) is 22.8 Å². The highest BCUT2D eigenvalue weighted by atomic mass is 32.1. The van der Waals surface area contributed by atoms with Gasteiger partial charge in [0, 0.05) is 18.9 Å². The molecule has 0 aromatic carbocycles. The minimum absolute atomic E-state index is 0.130. The summed E-state index contributed by atoms with van der Waals surface area (Å²) in [6.45, 7) is 1.50. The molecule has 1 aliphatic heterocycles. The molecule has 2 aromatic rings. The second kappa shape index (κ2) is 7.95. The Labute approximate surface area is 154 Å². The maximum atomic E-state index is 12.1. The number of aromatic nitrogens is 2. The zero-order valence-electron chi connectivity index (χ0n) is 13.9. The van der Waals surface area contributed by atoms with E-state index in [4.69, 9.17) is 11.5 Å². The summed E-state index contributed by atoms with van der Waals surface area (Å²) < 4.78 is 0. The lowest BCUT2D eigenvalue weighted by Gasteiger charge is -2.33. The van der Waals surface area contributed by atoms with Crippen molar-refractivity contribution in [1.29, 1.82) is 0 Å². The maximum Gasteiger partial charge on any atom is 0.319 e. The summed E-state index contributed by atoms with van der Waals surface area (Å²) in [5.74, 6) is 5.19. The molecule has 3 amide bonds. The predicted octanol–water partition coefficient (Wildman–Crippen LogP) is 0.674. The van der Waals surface area contributed by atoms with E-state index in [2.05, 4.69) is 27.1 Å². The summed E-state index contributed by atoms with van der Waals surface area (Å²) in [4.78, 5) is 34.3. The molecule has 2 aromatic heterocycles. The summed E-state index contributed by atoms with van der Waals surface area (Å²) >= 11 is 1.13. The molecule has 0 unspecified atom stereocenters. The Kier molecular flexibility index (Phi) is 5.46. The Hall–Kier alpha value is -2.96. The Morgan fingerprint density at radius 3 is 2.77 bits per heavy atom. The van der Waals surface area contributed by atoms with Crippen molar-refractivity contribution in [2.24, 2.45) is 11.5 Å². The van der Waals surface area contributed by atoms with Crippen LogP contribution in [0.15, 0.2) is 24.7 Å². The fourth-order valence-corrected chi connectivity index (χ4v) is 3.69. The number of carbonyl (C=O) groups excluding carboxylic acids is 2. The van der Waals surface area contributed by atoms with Crippen molar-refractivity contribution in [3.63, 3.8) is 0 Å². The molecule has 1 fully saturated rings. The molecule has 3 heterocycles. The van der Waals surface area contributed by atoms with Gasteiger partial charge < -0.3 is 16.8 Å². The van der Waals surface area contributed by atoms with Crippen molar-refractivity contribution >= 4 is 29.0 Å². The summed E-state index contributed by atoms with van der Waals surface area (Å²) in [6, 6.07) is 0.926. The molecular weight excluding hydrogens is 352 g/mol. The van der Waals surface area contributed by atoms with Crippen LogP contribution >= 0.6 is 11.3 Å². The van der Waals surface area contributed by atoms with Gasteiger partial charge in [-0.2, -0.15) is 0 Å². The van der Waals surface area contributed by atoms with Gasteiger partial charge in [-0.1, -0.05) is 0 Å². The number of nitrogens with two attached hydrogens (primary N) is 2. The van der Waals surface area contributed by atoms with Crippen molar-refractivity contribution in [3.05, 3.63) is 40.1 Å². The van der Waals surface area contributed by atoms with Crippen molar-refractivity contribution in [2.45, 2.75) is 18.9 Å². The lowest BCUT2D eigenvalue weighted by atomic mass is 10.1. The average Bonchev–Trinajstić information content (AvgIpc) is 3.06. The number of hydrogen-bond acceptors (Lipinski definition) is 6. The van der Waals surface area contributed by atoms with E-state index in [1.165, 1.54) is 4.90 Å². The maximum absolute atomic E-state index is 12.1. The number of piperidine rings is 1. The molecule has 134 valence electrons. The molecule has 0 radical (unpaired) electrons. The van der Waals surface area contributed by atoms with E-state index < -0.39 is 11.9 Å². The number of carbonyl (C=O) groups is 2. The number of amides is 3. The van der Waals surface area contributed by atoms with Crippen LogP contribution in [-0.2, 0) is 0 Å². The number of urea groups is 1. The quantitative estimate of drug-likeness (QED) is 0.685. The fraction of sp³-hybridized carbons (Fsp3) is 0.294. The minimum Gasteiger partial charge on any atom is -0.365 e. The molecule has 8 nitrogen and oxygen atoms in total. The zero-order valence-corrected chi connectivity index (χ0v) is 14.8. The molecule has 1 aliphatic rings. The fourth-order valence-electron chi connectivity index (χ4n) is 2.84. The number of hydrogen-bond donors (Lipinski definition) is 3. The SMILES string of the molecule is NC(=O)c1sc(C#Cc2cnccn2)cc1N(C(N)=O)[C@H]1CCCNC1. The molecule has 0 bridgehead atoms. The highest BCUT2D eigenvalue weighted by Gasteiger charge is 2.29. The topological polar surface area (TPSA) is 127 Å². The van der Waals surface area contributed by atoms with E-state index >= 15 is 0 Å². The average molecular weight is 370 g/mol. The Bertz CT molecular complexity index is 864. The van der Waals surface area contributed by atoms with Gasteiger partial charge in [0.2, 0.25) is 0 Å². The van der Waals surface area contributed by atoms with Crippen LogP contribution < -0.4 is 21.7 Å². The molecule has 3 rings (SSSR count). The van der Waals surface area contributed by atoms with E-state index in [9.17, 15) is 9.59 Å². The number of thiophene rings is 1. The van der Waals surface area contributed by atoms with Crippen molar-refractivity contribution < 1.29 is 9.59 Å². The first-order valence-electron chi connectivity index (χ1n) is 8.07. The van der Waals surface area contributed by atoms with Gasteiger partial charge in [-0.05, 0) is 37.3 Å². The van der Waals surface area contributed by atoms with Gasteiger partial charge in [0.1, 0.15) is 10.6 Å². The molecule has 0 aliphatic carbocycles. The molecule has 0 spiro atoms. The third kappa shape index (κ3) is 3.99. The Morgan fingerprint density at radius 2 is 2.15 bits per heavy atom. The number of primary amides is 2. The first-order valence-corrected chi connectivity index (χ1v) is 8.89. The van der Waals surface area contributed by atoms with Gasteiger partial charge in [0.25, 0.3) is 5.91 Å². The largest absolute Gasteiger partial charge is 0.365 e. The number of rotatable bonds is 3.